The van der Waals surface area contributed by atoms with E-state index in [2.05, 4.69) is 0 Å². The van der Waals surface area contributed by atoms with Gasteiger partial charge in [-0.1, -0.05) is 13.0 Å². The van der Waals surface area contributed by atoms with E-state index in [1.807, 2.05) is 0 Å². The van der Waals surface area contributed by atoms with E-state index >= 15 is 0 Å². The second-order valence-corrected chi connectivity index (χ2v) is 5.86. The Kier molecular flexibility index (Phi) is 4.11. The molecule has 0 aromatic heterocycles. The lowest BCUT2D eigenvalue weighted by Crippen LogP contribution is -2.13. The Balaban J connectivity index is 3.55. The Morgan fingerprint density at radius 1 is 1.47 bits per heavy atom. The van der Waals surface area contributed by atoms with Gasteiger partial charge >= 0.3 is 0 Å². The fraction of sp³-hybridized carbons (Fsp3) is 0.455. The number of hydrogen-bond acceptors (Lipinski definition) is 4. The predicted octanol–water partition coefficient (Wildman–Crippen LogP) is 1.30. The van der Waals surface area contributed by atoms with Gasteiger partial charge in [0.05, 0.1) is 7.11 Å². The van der Waals surface area contributed by atoms with Crippen LogP contribution in [0.2, 0.25) is 0 Å². The summed E-state index contributed by atoms with van der Waals surface area (Å²) in [5, 5.41) is 0. The summed E-state index contributed by atoms with van der Waals surface area (Å²) in [4.78, 5) is -0.405. The van der Waals surface area contributed by atoms with E-state index in [0.29, 0.717) is 0 Å². The van der Waals surface area contributed by atoms with Crippen molar-refractivity contribution in [2.75, 3.05) is 19.9 Å². The van der Waals surface area contributed by atoms with Crippen molar-refractivity contribution in [1.29, 1.82) is 0 Å². The molecule has 0 fully saturated rings. The molecular formula is C11H16FNO3S. The highest BCUT2D eigenvalue weighted by Gasteiger charge is 2.24. The van der Waals surface area contributed by atoms with E-state index < -0.39 is 20.5 Å². The molecule has 0 spiro atoms. The van der Waals surface area contributed by atoms with Crippen LogP contribution in [0.5, 0.6) is 5.75 Å². The van der Waals surface area contributed by atoms with E-state index in [4.69, 9.17) is 10.5 Å². The summed E-state index contributed by atoms with van der Waals surface area (Å²) in [5.74, 6) is -1.01. The minimum atomic E-state index is -3.68. The quantitative estimate of drug-likeness (QED) is 0.887. The summed E-state index contributed by atoms with van der Waals surface area (Å²) in [6, 6.07) is 2.95. The molecule has 17 heavy (non-hydrogen) atoms. The number of sulfone groups is 1. The van der Waals surface area contributed by atoms with E-state index in [9.17, 15) is 12.8 Å². The summed E-state index contributed by atoms with van der Waals surface area (Å²) >= 11 is 0. The number of nitrogens with two attached hydrogens (primary N) is 1. The molecule has 0 bridgehead atoms. The van der Waals surface area contributed by atoms with Gasteiger partial charge in [0.2, 0.25) is 0 Å². The molecule has 1 unspecified atom stereocenters. The van der Waals surface area contributed by atoms with Crippen LogP contribution in [0.15, 0.2) is 17.0 Å². The molecule has 0 heterocycles. The van der Waals surface area contributed by atoms with Gasteiger partial charge in [0.15, 0.2) is 9.84 Å². The highest BCUT2D eigenvalue weighted by atomic mass is 32.2. The number of halogens is 1. The molecule has 0 saturated heterocycles. The van der Waals surface area contributed by atoms with Crippen LogP contribution in [0, 0.1) is 5.82 Å². The average molecular weight is 261 g/mol. The summed E-state index contributed by atoms with van der Waals surface area (Å²) in [6.45, 7) is 1.98. The number of ether oxygens (including phenoxy) is 1. The van der Waals surface area contributed by atoms with Gasteiger partial charge in [-0.25, -0.2) is 12.8 Å². The molecule has 0 radical (unpaired) electrons. The Hall–Kier alpha value is -1.14. The van der Waals surface area contributed by atoms with Crippen LogP contribution in [0.25, 0.3) is 0 Å². The third kappa shape index (κ3) is 2.76. The largest absolute Gasteiger partial charge is 0.495 e. The Labute approximate surface area is 101 Å². The number of benzene rings is 1. The SMILES string of the molecule is COc1ccc(C(C)CN)c(F)c1S(C)(=O)=O. The third-order valence-corrected chi connectivity index (χ3v) is 3.69. The maximum absolute atomic E-state index is 14.1. The second-order valence-electron chi connectivity index (χ2n) is 3.91. The summed E-state index contributed by atoms with van der Waals surface area (Å²) < 4.78 is 42.1. The van der Waals surface area contributed by atoms with Crippen LogP contribution >= 0.6 is 0 Å². The first-order chi connectivity index (χ1) is 7.82. The first kappa shape index (κ1) is 13.9. The molecule has 0 aliphatic heterocycles. The van der Waals surface area contributed by atoms with Crippen molar-refractivity contribution in [3.05, 3.63) is 23.5 Å². The lowest BCUT2D eigenvalue weighted by Gasteiger charge is -2.15. The zero-order chi connectivity index (χ0) is 13.2. The van der Waals surface area contributed by atoms with Gasteiger partial charge in [0.25, 0.3) is 0 Å². The van der Waals surface area contributed by atoms with Gasteiger partial charge in [0, 0.05) is 6.26 Å². The van der Waals surface area contributed by atoms with Crippen molar-refractivity contribution in [2.24, 2.45) is 5.73 Å². The molecule has 4 nitrogen and oxygen atoms in total. The molecule has 0 aliphatic rings. The van der Waals surface area contributed by atoms with Crippen LogP contribution in [-0.2, 0) is 9.84 Å². The van der Waals surface area contributed by atoms with Crippen LogP contribution in [0.1, 0.15) is 18.4 Å². The van der Waals surface area contributed by atoms with E-state index in [1.54, 1.807) is 6.92 Å². The first-order valence-electron chi connectivity index (χ1n) is 5.09. The zero-order valence-corrected chi connectivity index (χ0v) is 10.8. The van der Waals surface area contributed by atoms with E-state index in [-0.39, 0.29) is 23.8 Å². The zero-order valence-electron chi connectivity index (χ0n) is 10.0. The van der Waals surface area contributed by atoms with Gasteiger partial charge in [-0.05, 0) is 24.1 Å². The molecule has 1 aromatic rings. The standard InChI is InChI=1S/C11H16FNO3S/c1-7(6-13)8-4-5-9(16-2)11(10(8)12)17(3,14)15/h4-5,7H,6,13H2,1-3H3. The van der Waals surface area contributed by atoms with Crippen molar-refractivity contribution in [2.45, 2.75) is 17.7 Å². The maximum atomic E-state index is 14.1. The molecule has 2 N–H and O–H groups in total. The lowest BCUT2D eigenvalue weighted by molar-refractivity contribution is 0.393. The summed E-state index contributed by atoms with van der Waals surface area (Å²) in [6.07, 6.45) is 0.949. The Bertz CT molecular complexity index is 514. The smallest absolute Gasteiger partial charge is 0.182 e. The molecular weight excluding hydrogens is 245 g/mol. The molecule has 1 atom stereocenters. The van der Waals surface area contributed by atoms with Crippen molar-refractivity contribution >= 4 is 9.84 Å². The van der Waals surface area contributed by atoms with Crippen molar-refractivity contribution in [3.8, 4) is 5.75 Å². The second kappa shape index (κ2) is 5.01. The highest BCUT2D eigenvalue weighted by Crippen LogP contribution is 2.31. The minimum Gasteiger partial charge on any atom is -0.495 e. The first-order valence-corrected chi connectivity index (χ1v) is 6.98. The average Bonchev–Trinajstić information content (AvgIpc) is 2.25. The van der Waals surface area contributed by atoms with Crippen LogP contribution < -0.4 is 10.5 Å². The molecule has 0 aliphatic carbocycles. The fourth-order valence-electron chi connectivity index (χ4n) is 1.57. The van der Waals surface area contributed by atoms with Gasteiger partial charge in [-0.3, -0.25) is 0 Å². The van der Waals surface area contributed by atoms with Gasteiger partial charge in [0.1, 0.15) is 16.5 Å². The van der Waals surface area contributed by atoms with Crippen LogP contribution in [0.4, 0.5) is 4.39 Å². The van der Waals surface area contributed by atoms with Gasteiger partial charge < -0.3 is 10.5 Å². The molecule has 1 rings (SSSR count). The van der Waals surface area contributed by atoms with E-state index in [0.717, 1.165) is 6.26 Å². The lowest BCUT2D eigenvalue weighted by atomic mass is 10.0. The summed E-state index contributed by atoms with van der Waals surface area (Å²) in [5.41, 5.74) is 5.74. The number of hydrogen-bond donors (Lipinski definition) is 1. The van der Waals surface area contributed by atoms with Crippen LogP contribution in [-0.4, -0.2) is 28.3 Å². The Morgan fingerprint density at radius 2 is 2.06 bits per heavy atom. The molecule has 1 aromatic carbocycles. The molecule has 96 valence electrons. The summed E-state index contributed by atoms with van der Waals surface area (Å²) in [7, 11) is -2.38. The molecule has 6 heteroatoms. The fourth-order valence-corrected chi connectivity index (χ4v) is 2.53. The van der Waals surface area contributed by atoms with Crippen molar-refractivity contribution < 1.29 is 17.5 Å². The molecule has 0 saturated carbocycles. The third-order valence-electron chi connectivity index (χ3n) is 2.57. The van der Waals surface area contributed by atoms with Crippen LogP contribution in [0.3, 0.4) is 0 Å². The van der Waals surface area contributed by atoms with Gasteiger partial charge in [-0.2, -0.15) is 0 Å². The molecule has 0 amide bonds. The number of rotatable bonds is 4. The van der Waals surface area contributed by atoms with Crippen molar-refractivity contribution in [3.63, 3.8) is 0 Å². The normalized spacial score (nSPS) is 13.5. The van der Waals surface area contributed by atoms with Crippen molar-refractivity contribution in [1.82, 2.24) is 0 Å². The van der Waals surface area contributed by atoms with Gasteiger partial charge in [-0.15, -0.1) is 0 Å². The maximum Gasteiger partial charge on any atom is 0.182 e. The Morgan fingerprint density at radius 3 is 2.47 bits per heavy atom. The predicted molar refractivity (Wildman–Crippen MR) is 63.5 cm³/mol. The minimum absolute atomic E-state index is 0.0120. The van der Waals surface area contributed by atoms with E-state index in [1.165, 1.54) is 19.2 Å². The monoisotopic (exact) mass is 261 g/mol. The topological polar surface area (TPSA) is 69.4 Å². The number of methoxy groups -OCH3 is 1. The highest BCUT2D eigenvalue weighted by molar-refractivity contribution is 7.90.